The molecular formula is C17H14N2O4S. The minimum absolute atomic E-state index is 0.223. The number of aliphatic carboxylic acids is 1. The molecule has 3 aromatic rings. The second-order valence-electron chi connectivity index (χ2n) is 5.06. The molecule has 7 heteroatoms. The summed E-state index contributed by atoms with van der Waals surface area (Å²) in [6.07, 6.45) is 0. The number of thiazole rings is 1. The first-order valence-corrected chi connectivity index (χ1v) is 8.02. The molecule has 0 aliphatic heterocycles. The Labute approximate surface area is 141 Å². The van der Waals surface area contributed by atoms with Crippen LogP contribution in [0, 0.1) is 6.92 Å². The molecule has 1 amide bonds. The Balaban J connectivity index is 1.95. The lowest BCUT2D eigenvalue weighted by Gasteiger charge is -2.12. The Bertz CT molecular complexity index is 920. The average Bonchev–Trinajstić information content (AvgIpc) is 3.00. The standard InChI is InChI=1S/C17H14N2O4S/c1-10-16(24-9-18-10)17(22)19-13-6-7-14(23-8-15(20)21)12-5-3-2-4-11(12)13/h2-7,9H,8H2,1H3,(H,19,22)(H,20,21). The topological polar surface area (TPSA) is 88.5 Å². The maximum atomic E-state index is 12.4. The van der Waals surface area contributed by atoms with Crippen LogP contribution in [0.1, 0.15) is 15.4 Å². The summed E-state index contributed by atoms with van der Waals surface area (Å²) >= 11 is 1.28. The van der Waals surface area contributed by atoms with Gasteiger partial charge in [0.2, 0.25) is 0 Å². The minimum atomic E-state index is -1.04. The molecule has 0 unspecified atom stereocenters. The number of carboxylic acid groups (broad SMARTS) is 1. The first kappa shape index (κ1) is 15.9. The molecule has 0 radical (unpaired) electrons. The van der Waals surface area contributed by atoms with Gasteiger partial charge in [-0.25, -0.2) is 9.78 Å². The summed E-state index contributed by atoms with van der Waals surface area (Å²) in [6.45, 7) is 1.36. The fourth-order valence-electron chi connectivity index (χ4n) is 2.34. The molecule has 0 saturated heterocycles. The predicted molar refractivity (Wildman–Crippen MR) is 91.9 cm³/mol. The van der Waals surface area contributed by atoms with Gasteiger partial charge in [0.1, 0.15) is 10.6 Å². The minimum Gasteiger partial charge on any atom is -0.481 e. The van der Waals surface area contributed by atoms with Gasteiger partial charge in [0.25, 0.3) is 5.91 Å². The Morgan fingerprint density at radius 2 is 1.96 bits per heavy atom. The number of hydrogen-bond acceptors (Lipinski definition) is 5. The lowest BCUT2D eigenvalue weighted by atomic mass is 10.1. The van der Waals surface area contributed by atoms with Gasteiger partial charge in [-0.3, -0.25) is 4.79 Å². The summed E-state index contributed by atoms with van der Waals surface area (Å²) in [5, 5.41) is 13.2. The molecule has 2 aromatic carbocycles. The van der Waals surface area contributed by atoms with Crippen molar-refractivity contribution in [1.82, 2.24) is 4.98 Å². The maximum absolute atomic E-state index is 12.4. The number of fused-ring (bicyclic) bond motifs is 1. The number of nitrogens with one attached hydrogen (secondary N) is 1. The van der Waals surface area contributed by atoms with Gasteiger partial charge in [-0.05, 0) is 19.1 Å². The van der Waals surface area contributed by atoms with E-state index in [4.69, 9.17) is 9.84 Å². The van der Waals surface area contributed by atoms with E-state index in [1.54, 1.807) is 24.6 Å². The summed E-state index contributed by atoms with van der Waals surface area (Å²) < 4.78 is 5.31. The summed E-state index contributed by atoms with van der Waals surface area (Å²) in [4.78, 5) is 27.7. The number of carbonyl (C=O) groups is 2. The van der Waals surface area contributed by atoms with E-state index in [2.05, 4.69) is 10.3 Å². The van der Waals surface area contributed by atoms with E-state index in [1.807, 2.05) is 24.3 Å². The van der Waals surface area contributed by atoms with E-state index >= 15 is 0 Å². The molecule has 1 heterocycles. The highest BCUT2D eigenvalue weighted by molar-refractivity contribution is 7.12. The molecule has 122 valence electrons. The lowest BCUT2D eigenvalue weighted by Crippen LogP contribution is -2.12. The van der Waals surface area contributed by atoms with E-state index in [0.29, 0.717) is 22.0 Å². The van der Waals surface area contributed by atoms with Crippen molar-refractivity contribution in [2.45, 2.75) is 6.92 Å². The van der Waals surface area contributed by atoms with E-state index in [-0.39, 0.29) is 5.91 Å². The van der Waals surface area contributed by atoms with Crippen LogP contribution in [-0.4, -0.2) is 28.6 Å². The van der Waals surface area contributed by atoms with Crippen LogP contribution < -0.4 is 10.1 Å². The van der Waals surface area contributed by atoms with Crippen LogP contribution in [0.25, 0.3) is 10.8 Å². The summed E-state index contributed by atoms with van der Waals surface area (Å²) in [6, 6.07) is 10.7. The lowest BCUT2D eigenvalue weighted by molar-refractivity contribution is -0.139. The number of anilines is 1. The molecule has 3 rings (SSSR count). The third kappa shape index (κ3) is 3.21. The highest BCUT2D eigenvalue weighted by atomic mass is 32.1. The van der Waals surface area contributed by atoms with Gasteiger partial charge in [-0.1, -0.05) is 24.3 Å². The van der Waals surface area contributed by atoms with Crippen LogP contribution >= 0.6 is 11.3 Å². The SMILES string of the molecule is Cc1ncsc1C(=O)Nc1ccc(OCC(=O)O)c2ccccc12. The smallest absolute Gasteiger partial charge is 0.341 e. The Morgan fingerprint density at radius 3 is 2.62 bits per heavy atom. The van der Waals surface area contributed by atoms with Crippen molar-refractivity contribution in [1.29, 1.82) is 0 Å². The first-order chi connectivity index (χ1) is 11.6. The van der Waals surface area contributed by atoms with Crippen molar-refractivity contribution < 1.29 is 19.4 Å². The van der Waals surface area contributed by atoms with Gasteiger partial charge in [0.15, 0.2) is 6.61 Å². The largest absolute Gasteiger partial charge is 0.481 e. The zero-order valence-corrected chi connectivity index (χ0v) is 13.6. The van der Waals surface area contributed by atoms with Gasteiger partial charge in [0, 0.05) is 16.5 Å². The van der Waals surface area contributed by atoms with Crippen molar-refractivity contribution in [3.8, 4) is 5.75 Å². The number of aryl methyl sites for hydroxylation is 1. The molecule has 0 aliphatic carbocycles. The first-order valence-electron chi connectivity index (χ1n) is 7.14. The number of ether oxygens (including phenoxy) is 1. The van der Waals surface area contributed by atoms with Crippen LogP contribution in [0.4, 0.5) is 5.69 Å². The fourth-order valence-corrected chi connectivity index (χ4v) is 3.04. The molecule has 0 saturated carbocycles. The van der Waals surface area contributed by atoms with Gasteiger partial charge in [-0.2, -0.15) is 0 Å². The van der Waals surface area contributed by atoms with Crippen LogP contribution in [0.15, 0.2) is 41.9 Å². The second-order valence-corrected chi connectivity index (χ2v) is 5.92. The second kappa shape index (κ2) is 6.67. The quantitative estimate of drug-likeness (QED) is 0.742. The third-order valence-electron chi connectivity index (χ3n) is 3.44. The van der Waals surface area contributed by atoms with Gasteiger partial charge in [0.05, 0.1) is 11.2 Å². The number of carbonyl (C=O) groups excluding carboxylic acids is 1. The molecule has 2 N–H and O–H groups in total. The predicted octanol–water partition coefficient (Wildman–Crippen LogP) is 3.32. The third-order valence-corrected chi connectivity index (χ3v) is 4.36. The van der Waals surface area contributed by atoms with Crippen molar-refractivity contribution in [3.63, 3.8) is 0 Å². The summed E-state index contributed by atoms with van der Waals surface area (Å²) in [5.74, 6) is -0.809. The van der Waals surface area contributed by atoms with Crippen LogP contribution in [0.3, 0.4) is 0 Å². The molecule has 0 bridgehead atoms. The van der Waals surface area contributed by atoms with E-state index < -0.39 is 12.6 Å². The van der Waals surface area contributed by atoms with Crippen LogP contribution in [0.2, 0.25) is 0 Å². The van der Waals surface area contributed by atoms with Gasteiger partial charge >= 0.3 is 5.97 Å². The molecular weight excluding hydrogens is 328 g/mol. The molecule has 6 nitrogen and oxygen atoms in total. The Hall–Kier alpha value is -2.93. The van der Waals surface area contributed by atoms with E-state index in [9.17, 15) is 9.59 Å². The number of hydrogen-bond donors (Lipinski definition) is 2. The number of benzene rings is 2. The maximum Gasteiger partial charge on any atom is 0.341 e. The van der Waals surface area contributed by atoms with Crippen LogP contribution in [0.5, 0.6) is 5.75 Å². The van der Waals surface area contributed by atoms with Gasteiger partial charge in [-0.15, -0.1) is 11.3 Å². The number of rotatable bonds is 5. The van der Waals surface area contributed by atoms with E-state index in [0.717, 1.165) is 10.8 Å². The van der Waals surface area contributed by atoms with Crippen molar-refractivity contribution in [2.75, 3.05) is 11.9 Å². The van der Waals surface area contributed by atoms with E-state index in [1.165, 1.54) is 11.3 Å². The fraction of sp³-hybridized carbons (Fsp3) is 0.118. The van der Waals surface area contributed by atoms with Gasteiger partial charge < -0.3 is 15.2 Å². The molecule has 24 heavy (non-hydrogen) atoms. The zero-order chi connectivity index (χ0) is 17.1. The zero-order valence-electron chi connectivity index (χ0n) is 12.8. The Kier molecular flexibility index (Phi) is 4.43. The molecule has 0 spiro atoms. The average molecular weight is 342 g/mol. The highest BCUT2D eigenvalue weighted by Gasteiger charge is 2.14. The molecule has 0 fully saturated rings. The Morgan fingerprint density at radius 1 is 1.21 bits per heavy atom. The van der Waals surface area contributed by atoms with Crippen molar-refractivity contribution >= 4 is 39.7 Å². The number of amides is 1. The highest BCUT2D eigenvalue weighted by Crippen LogP contribution is 2.32. The number of nitrogens with zero attached hydrogens (tertiary/aromatic N) is 1. The monoisotopic (exact) mass is 342 g/mol. The normalized spacial score (nSPS) is 10.5. The number of aromatic nitrogens is 1. The summed E-state index contributed by atoms with van der Waals surface area (Å²) in [5.41, 5.74) is 2.94. The van der Waals surface area contributed by atoms with Crippen LogP contribution in [-0.2, 0) is 4.79 Å². The molecule has 1 aromatic heterocycles. The van der Waals surface area contributed by atoms with Crippen molar-refractivity contribution in [2.24, 2.45) is 0 Å². The molecule has 0 aliphatic rings. The van der Waals surface area contributed by atoms with Crippen molar-refractivity contribution in [3.05, 3.63) is 52.5 Å². The molecule has 0 atom stereocenters. The summed E-state index contributed by atoms with van der Waals surface area (Å²) in [7, 11) is 0. The number of carboxylic acids is 1.